The summed E-state index contributed by atoms with van der Waals surface area (Å²) in [5, 5.41) is 13.9. The van der Waals surface area contributed by atoms with Crippen LogP contribution in [0.3, 0.4) is 0 Å². The molecule has 0 spiro atoms. The normalized spacial score (nSPS) is 14.3. The van der Waals surface area contributed by atoms with Gasteiger partial charge in [0.2, 0.25) is 5.91 Å². The smallest absolute Gasteiger partial charge is 0.387 e. The summed E-state index contributed by atoms with van der Waals surface area (Å²) in [5.41, 5.74) is 0. The predicted octanol–water partition coefficient (Wildman–Crippen LogP) is 15.8. The standard InChI is InChI=1S/C54H105N2O6P/c1-6-8-10-12-14-16-18-20-21-22-23-24-25-26-27-28-29-30-31-32-33-34-36-37-39-41-43-45-47-53(57)52(51-62-63(59,60)61-50-49-56(3,4)5)55-54(58)48-46-44-42-40-38-35-19-17-15-13-11-9-7-2/h11,13,17,19,45,47,52-53,57H,6-10,12,14-16,18,20-44,46,48-51H2,1-5H3,(H-,55,58,59,60)/p+1/b13-11-,19-17-,47-45+. The van der Waals surface area contributed by atoms with E-state index in [0.717, 1.165) is 70.6 Å². The number of aliphatic hydroxyl groups is 1. The highest BCUT2D eigenvalue weighted by molar-refractivity contribution is 7.47. The molecule has 0 aliphatic carbocycles. The quantitative estimate of drug-likeness (QED) is 0.0243. The lowest BCUT2D eigenvalue weighted by atomic mass is 10.0. The van der Waals surface area contributed by atoms with Gasteiger partial charge in [-0.2, -0.15) is 0 Å². The molecule has 0 aliphatic rings. The molecule has 372 valence electrons. The van der Waals surface area contributed by atoms with E-state index in [2.05, 4.69) is 43.5 Å². The molecule has 0 rings (SSSR count). The van der Waals surface area contributed by atoms with E-state index < -0.39 is 20.0 Å². The van der Waals surface area contributed by atoms with Gasteiger partial charge in [-0.05, 0) is 44.9 Å². The number of carbonyl (C=O) groups is 1. The molecule has 63 heavy (non-hydrogen) atoms. The second kappa shape index (κ2) is 45.9. The van der Waals surface area contributed by atoms with Crippen LogP contribution in [0, 0.1) is 0 Å². The molecule has 0 radical (unpaired) electrons. The number of rotatable bonds is 49. The monoisotopic (exact) mass is 910 g/mol. The van der Waals surface area contributed by atoms with E-state index >= 15 is 0 Å². The number of hydrogen-bond acceptors (Lipinski definition) is 5. The zero-order chi connectivity index (χ0) is 46.4. The predicted molar refractivity (Wildman–Crippen MR) is 272 cm³/mol. The van der Waals surface area contributed by atoms with Crippen molar-refractivity contribution >= 4 is 13.7 Å². The fourth-order valence-corrected chi connectivity index (χ4v) is 8.58. The van der Waals surface area contributed by atoms with Gasteiger partial charge < -0.3 is 19.8 Å². The summed E-state index contributed by atoms with van der Waals surface area (Å²) in [6.07, 6.45) is 58.2. The Morgan fingerprint density at radius 1 is 0.540 bits per heavy atom. The summed E-state index contributed by atoms with van der Waals surface area (Å²) in [6, 6.07) is -0.853. The van der Waals surface area contributed by atoms with Crippen LogP contribution in [0.2, 0.25) is 0 Å². The van der Waals surface area contributed by atoms with Crippen molar-refractivity contribution in [1.82, 2.24) is 5.32 Å². The van der Waals surface area contributed by atoms with E-state index in [1.54, 1.807) is 6.08 Å². The molecule has 0 aromatic carbocycles. The van der Waals surface area contributed by atoms with Gasteiger partial charge in [0.05, 0.1) is 39.9 Å². The summed E-state index contributed by atoms with van der Waals surface area (Å²) >= 11 is 0. The molecule has 0 aromatic rings. The van der Waals surface area contributed by atoms with Crippen molar-refractivity contribution in [3.05, 3.63) is 36.5 Å². The molecule has 0 bridgehead atoms. The average molecular weight is 910 g/mol. The molecule has 0 aliphatic heterocycles. The third-order valence-electron chi connectivity index (χ3n) is 12.1. The lowest BCUT2D eigenvalue weighted by molar-refractivity contribution is -0.870. The van der Waals surface area contributed by atoms with Gasteiger partial charge in [0.15, 0.2) is 0 Å². The lowest BCUT2D eigenvalue weighted by Crippen LogP contribution is -2.45. The number of phosphoric ester groups is 1. The number of nitrogens with zero attached hydrogens (tertiary/aromatic N) is 1. The first-order valence-corrected chi connectivity index (χ1v) is 28.4. The van der Waals surface area contributed by atoms with Gasteiger partial charge in [0, 0.05) is 6.42 Å². The van der Waals surface area contributed by atoms with Crippen molar-refractivity contribution in [2.75, 3.05) is 40.9 Å². The molecule has 3 N–H and O–H groups in total. The average Bonchev–Trinajstić information content (AvgIpc) is 3.24. The maximum Gasteiger partial charge on any atom is 0.472 e. The molecule has 0 saturated heterocycles. The SMILES string of the molecule is CCC/C=C\C/C=C\CCCCCCCC(=O)NC(COP(=O)(O)OCC[N+](C)(C)C)C(O)/C=C/CCCCCCCCCCCCCCCCCCCCCCCCCCCC. The Morgan fingerprint density at radius 3 is 1.37 bits per heavy atom. The molecular formula is C54H106N2O6P+. The van der Waals surface area contributed by atoms with Crippen LogP contribution in [0.25, 0.3) is 0 Å². The molecule has 0 heterocycles. The first-order valence-electron chi connectivity index (χ1n) is 26.9. The summed E-state index contributed by atoms with van der Waals surface area (Å²) in [5.74, 6) is -0.191. The van der Waals surface area contributed by atoms with Crippen LogP contribution < -0.4 is 5.32 Å². The topological polar surface area (TPSA) is 105 Å². The van der Waals surface area contributed by atoms with E-state index in [9.17, 15) is 19.4 Å². The lowest BCUT2D eigenvalue weighted by Gasteiger charge is -2.25. The highest BCUT2D eigenvalue weighted by atomic mass is 31.2. The molecule has 0 saturated carbocycles. The number of hydrogen-bond donors (Lipinski definition) is 3. The Kier molecular flexibility index (Phi) is 44.9. The van der Waals surface area contributed by atoms with Gasteiger partial charge >= 0.3 is 7.82 Å². The fourth-order valence-electron chi connectivity index (χ4n) is 7.85. The van der Waals surface area contributed by atoms with Crippen LogP contribution in [-0.2, 0) is 18.4 Å². The van der Waals surface area contributed by atoms with Crippen LogP contribution >= 0.6 is 7.82 Å². The van der Waals surface area contributed by atoms with E-state index in [1.165, 1.54) is 161 Å². The Morgan fingerprint density at radius 2 is 0.937 bits per heavy atom. The number of phosphoric acid groups is 1. The Balaban J connectivity index is 4.15. The zero-order valence-corrected chi connectivity index (χ0v) is 43.2. The summed E-state index contributed by atoms with van der Waals surface area (Å²) in [7, 11) is 1.57. The second-order valence-electron chi connectivity index (χ2n) is 19.6. The van der Waals surface area contributed by atoms with Crippen molar-refractivity contribution in [1.29, 1.82) is 0 Å². The van der Waals surface area contributed by atoms with Crippen LogP contribution in [-0.4, -0.2) is 73.4 Å². The number of likely N-dealkylation sites (N-methyl/N-ethyl adjacent to an activating group) is 1. The molecule has 0 aromatic heterocycles. The summed E-state index contributed by atoms with van der Waals surface area (Å²) < 4.78 is 23.6. The maximum atomic E-state index is 12.9. The van der Waals surface area contributed by atoms with Crippen molar-refractivity contribution in [2.45, 2.75) is 264 Å². The van der Waals surface area contributed by atoms with Crippen molar-refractivity contribution < 1.29 is 32.9 Å². The van der Waals surface area contributed by atoms with Gasteiger partial charge in [-0.25, -0.2) is 4.57 Å². The Bertz CT molecular complexity index is 1120. The number of unbranched alkanes of at least 4 members (excludes halogenated alkanes) is 32. The van der Waals surface area contributed by atoms with Crippen LogP contribution in [0.15, 0.2) is 36.5 Å². The zero-order valence-electron chi connectivity index (χ0n) is 42.3. The van der Waals surface area contributed by atoms with Gasteiger partial charge in [-0.1, -0.05) is 237 Å². The molecule has 1 amide bonds. The van der Waals surface area contributed by atoms with E-state index in [1.807, 2.05) is 27.2 Å². The molecule has 9 heteroatoms. The molecule has 3 unspecified atom stereocenters. The van der Waals surface area contributed by atoms with Crippen molar-refractivity contribution in [2.24, 2.45) is 0 Å². The fraction of sp³-hybridized carbons (Fsp3) is 0.870. The highest BCUT2D eigenvalue weighted by Gasteiger charge is 2.27. The summed E-state index contributed by atoms with van der Waals surface area (Å²) in [6.45, 7) is 4.76. The molecular weight excluding hydrogens is 804 g/mol. The van der Waals surface area contributed by atoms with Gasteiger partial charge in [-0.3, -0.25) is 13.8 Å². The number of quaternary nitrogens is 1. The van der Waals surface area contributed by atoms with Crippen molar-refractivity contribution in [3.63, 3.8) is 0 Å². The third kappa shape index (κ3) is 48.5. The molecule has 0 fully saturated rings. The third-order valence-corrected chi connectivity index (χ3v) is 13.1. The van der Waals surface area contributed by atoms with E-state index in [4.69, 9.17) is 9.05 Å². The van der Waals surface area contributed by atoms with Crippen LogP contribution in [0.4, 0.5) is 0 Å². The second-order valence-corrected chi connectivity index (χ2v) is 21.1. The minimum atomic E-state index is -4.34. The summed E-state index contributed by atoms with van der Waals surface area (Å²) in [4.78, 5) is 23.2. The largest absolute Gasteiger partial charge is 0.472 e. The number of nitrogens with one attached hydrogen (secondary N) is 1. The van der Waals surface area contributed by atoms with Crippen LogP contribution in [0.5, 0.6) is 0 Å². The Hall–Kier alpha value is -1.28. The minimum absolute atomic E-state index is 0.0586. The van der Waals surface area contributed by atoms with Crippen molar-refractivity contribution in [3.8, 4) is 0 Å². The number of carbonyl (C=O) groups excluding carboxylic acids is 1. The van der Waals surface area contributed by atoms with Crippen LogP contribution in [0.1, 0.15) is 251 Å². The first-order chi connectivity index (χ1) is 30.5. The van der Waals surface area contributed by atoms with Gasteiger partial charge in [-0.15, -0.1) is 0 Å². The highest BCUT2D eigenvalue weighted by Crippen LogP contribution is 2.43. The maximum absolute atomic E-state index is 12.9. The molecule has 8 nitrogen and oxygen atoms in total. The van der Waals surface area contributed by atoms with Gasteiger partial charge in [0.1, 0.15) is 13.2 Å². The Labute approximate surface area is 391 Å². The first kappa shape index (κ1) is 61.7. The number of aliphatic hydroxyl groups excluding tert-OH is 1. The minimum Gasteiger partial charge on any atom is -0.387 e. The van der Waals surface area contributed by atoms with E-state index in [0.29, 0.717) is 17.4 Å². The number of amides is 1. The molecule has 3 atom stereocenters. The van der Waals surface area contributed by atoms with E-state index in [-0.39, 0.29) is 19.1 Å². The number of allylic oxidation sites excluding steroid dienone is 5. The van der Waals surface area contributed by atoms with Gasteiger partial charge in [0.25, 0.3) is 0 Å².